The molecule has 2 saturated carbocycles. The predicted octanol–water partition coefficient (Wildman–Crippen LogP) is 3.77. The zero-order chi connectivity index (χ0) is 18.6. The number of imidazole rings is 1. The standard InChI is InChI=1S/C19H27N3O3S/c1-11-7-17(25-21-11)10-26(23,24)19-20-12(2)13(3)22(19)14(4)18-9-15-5-6-16(18)8-15/h7,14-16,18H,5-6,8-10H2,1-4H3/t14-,15+,16+,18+/m1/s1. The number of hydrogen-bond donors (Lipinski definition) is 0. The van der Waals surface area contributed by atoms with E-state index in [-0.39, 0.29) is 17.0 Å². The van der Waals surface area contributed by atoms with Crippen LogP contribution >= 0.6 is 0 Å². The van der Waals surface area contributed by atoms with E-state index in [2.05, 4.69) is 17.1 Å². The molecule has 142 valence electrons. The number of fused-ring (bicyclic) bond motifs is 2. The van der Waals surface area contributed by atoms with Crippen molar-refractivity contribution in [3.05, 3.63) is 28.9 Å². The van der Waals surface area contributed by atoms with E-state index < -0.39 is 9.84 Å². The number of hydrogen-bond acceptors (Lipinski definition) is 5. The smallest absolute Gasteiger partial charge is 0.228 e. The minimum Gasteiger partial charge on any atom is -0.360 e. The molecule has 2 aliphatic rings. The Labute approximate surface area is 154 Å². The summed E-state index contributed by atoms with van der Waals surface area (Å²) in [6, 6.07) is 1.82. The van der Waals surface area contributed by atoms with E-state index in [0.717, 1.165) is 23.2 Å². The quantitative estimate of drug-likeness (QED) is 0.792. The summed E-state index contributed by atoms with van der Waals surface area (Å²) in [5.41, 5.74) is 2.42. The van der Waals surface area contributed by atoms with Crippen molar-refractivity contribution in [3.63, 3.8) is 0 Å². The minimum atomic E-state index is -3.60. The van der Waals surface area contributed by atoms with Crippen LogP contribution in [0.25, 0.3) is 0 Å². The van der Waals surface area contributed by atoms with Crippen LogP contribution in [-0.4, -0.2) is 23.1 Å². The van der Waals surface area contributed by atoms with Crippen LogP contribution in [0, 0.1) is 38.5 Å². The highest BCUT2D eigenvalue weighted by molar-refractivity contribution is 7.90. The van der Waals surface area contributed by atoms with Gasteiger partial charge in [0.1, 0.15) is 5.75 Å². The number of rotatable bonds is 5. The van der Waals surface area contributed by atoms with Gasteiger partial charge in [0, 0.05) is 17.8 Å². The molecule has 2 aromatic rings. The Kier molecular flexibility index (Phi) is 4.25. The molecule has 4 atom stereocenters. The Hall–Kier alpha value is -1.63. The summed E-state index contributed by atoms with van der Waals surface area (Å²) in [6.07, 6.45) is 5.14. The van der Waals surface area contributed by atoms with Gasteiger partial charge in [0.05, 0.1) is 11.4 Å². The van der Waals surface area contributed by atoms with Gasteiger partial charge in [-0.3, -0.25) is 0 Å². The summed E-state index contributed by atoms with van der Waals surface area (Å²) in [6.45, 7) is 7.81. The molecule has 0 unspecified atom stereocenters. The van der Waals surface area contributed by atoms with Crippen molar-refractivity contribution < 1.29 is 12.9 Å². The summed E-state index contributed by atoms with van der Waals surface area (Å²) in [5, 5.41) is 3.97. The first kappa shape index (κ1) is 17.8. The lowest BCUT2D eigenvalue weighted by Crippen LogP contribution is -2.25. The maximum atomic E-state index is 13.1. The lowest BCUT2D eigenvalue weighted by molar-refractivity contribution is 0.231. The van der Waals surface area contributed by atoms with Crippen LogP contribution in [0.3, 0.4) is 0 Å². The van der Waals surface area contributed by atoms with Crippen molar-refractivity contribution in [1.82, 2.24) is 14.7 Å². The molecule has 0 radical (unpaired) electrons. The Morgan fingerprint density at radius 3 is 2.62 bits per heavy atom. The van der Waals surface area contributed by atoms with Crippen LogP contribution in [-0.2, 0) is 15.6 Å². The average molecular weight is 378 g/mol. The molecule has 6 nitrogen and oxygen atoms in total. The fourth-order valence-corrected chi connectivity index (χ4v) is 6.63. The maximum Gasteiger partial charge on any atom is 0.228 e. The average Bonchev–Trinajstić information content (AvgIpc) is 3.33. The zero-order valence-electron chi connectivity index (χ0n) is 15.9. The van der Waals surface area contributed by atoms with E-state index in [0.29, 0.717) is 17.4 Å². The Morgan fingerprint density at radius 2 is 2.04 bits per heavy atom. The van der Waals surface area contributed by atoms with Crippen molar-refractivity contribution in [3.8, 4) is 0 Å². The van der Waals surface area contributed by atoms with Gasteiger partial charge >= 0.3 is 0 Å². The number of aromatic nitrogens is 3. The molecule has 2 fully saturated rings. The van der Waals surface area contributed by atoms with E-state index in [1.54, 1.807) is 13.0 Å². The fraction of sp³-hybridized carbons (Fsp3) is 0.684. The highest BCUT2D eigenvalue weighted by Crippen LogP contribution is 2.52. The molecule has 2 aliphatic carbocycles. The van der Waals surface area contributed by atoms with Gasteiger partial charge in [-0.2, -0.15) is 0 Å². The molecule has 2 heterocycles. The van der Waals surface area contributed by atoms with E-state index in [9.17, 15) is 8.42 Å². The molecule has 0 saturated heterocycles. The Balaban J connectivity index is 1.69. The van der Waals surface area contributed by atoms with Crippen molar-refractivity contribution in [2.24, 2.45) is 17.8 Å². The first-order valence-corrected chi connectivity index (χ1v) is 11.1. The second-order valence-corrected chi connectivity index (χ2v) is 10.1. The number of aryl methyl sites for hydroxylation is 2. The second-order valence-electron chi connectivity index (χ2n) is 8.21. The molecule has 2 bridgehead atoms. The maximum absolute atomic E-state index is 13.1. The highest BCUT2D eigenvalue weighted by Gasteiger charge is 2.43. The van der Waals surface area contributed by atoms with Gasteiger partial charge < -0.3 is 9.09 Å². The highest BCUT2D eigenvalue weighted by atomic mass is 32.2. The molecule has 4 rings (SSSR count). The van der Waals surface area contributed by atoms with E-state index in [4.69, 9.17) is 4.52 Å². The topological polar surface area (TPSA) is 78.0 Å². The lowest BCUT2D eigenvalue weighted by atomic mass is 9.84. The van der Waals surface area contributed by atoms with Gasteiger partial charge in [0.25, 0.3) is 0 Å². The molecular weight excluding hydrogens is 350 g/mol. The van der Waals surface area contributed by atoms with E-state index in [1.165, 1.54) is 25.7 Å². The molecule has 0 N–H and O–H groups in total. The monoisotopic (exact) mass is 377 g/mol. The summed E-state index contributed by atoms with van der Waals surface area (Å²) in [5.74, 6) is 2.26. The molecular formula is C19H27N3O3S. The summed E-state index contributed by atoms with van der Waals surface area (Å²) >= 11 is 0. The number of nitrogens with zero attached hydrogens (tertiary/aromatic N) is 3. The second kappa shape index (κ2) is 6.22. The Bertz CT molecular complexity index is 928. The van der Waals surface area contributed by atoms with Crippen LogP contribution < -0.4 is 0 Å². The van der Waals surface area contributed by atoms with E-state index in [1.807, 2.05) is 18.4 Å². The largest absolute Gasteiger partial charge is 0.360 e. The minimum absolute atomic E-state index is 0.146. The van der Waals surface area contributed by atoms with Gasteiger partial charge in [-0.05, 0) is 64.7 Å². The van der Waals surface area contributed by atoms with Crippen LogP contribution in [0.4, 0.5) is 0 Å². The normalized spacial score (nSPS) is 26.5. The lowest BCUT2D eigenvalue weighted by Gasteiger charge is -2.30. The van der Waals surface area contributed by atoms with Gasteiger partial charge in [-0.1, -0.05) is 11.6 Å². The van der Waals surface area contributed by atoms with Crippen molar-refractivity contribution >= 4 is 9.84 Å². The third kappa shape index (κ3) is 2.90. The third-order valence-electron chi connectivity index (χ3n) is 6.46. The van der Waals surface area contributed by atoms with Crippen LogP contribution in [0.5, 0.6) is 0 Å². The molecule has 26 heavy (non-hydrogen) atoms. The molecule has 0 aromatic carbocycles. The predicted molar refractivity (Wildman–Crippen MR) is 97.5 cm³/mol. The summed E-state index contributed by atoms with van der Waals surface area (Å²) < 4.78 is 33.3. The SMILES string of the molecule is Cc1cc(CS(=O)(=O)c2nc(C)c(C)n2[C@H](C)[C@@H]2C[C@H]3CC[C@H]2C3)on1. The first-order valence-electron chi connectivity index (χ1n) is 9.46. The van der Waals surface area contributed by atoms with Crippen molar-refractivity contribution in [1.29, 1.82) is 0 Å². The van der Waals surface area contributed by atoms with Gasteiger partial charge in [0.2, 0.25) is 15.0 Å². The van der Waals surface area contributed by atoms with Gasteiger partial charge in [-0.15, -0.1) is 0 Å². The summed E-state index contributed by atoms with van der Waals surface area (Å²) in [4.78, 5) is 4.45. The van der Waals surface area contributed by atoms with Crippen LogP contribution in [0.1, 0.15) is 61.5 Å². The van der Waals surface area contributed by atoms with Gasteiger partial charge in [-0.25, -0.2) is 13.4 Å². The van der Waals surface area contributed by atoms with Crippen molar-refractivity contribution in [2.75, 3.05) is 0 Å². The summed E-state index contributed by atoms with van der Waals surface area (Å²) in [7, 11) is -3.60. The zero-order valence-corrected chi connectivity index (χ0v) is 16.7. The van der Waals surface area contributed by atoms with Crippen molar-refractivity contribution in [2.45, 2.75) is 70.3 Å². The molecule has 7 heteroatoms. The fourth-order valence-electron chi connectivity index (χ4n) is 5.11. The number of sulfone groups is 1. The van der Waals surface area contributed by atoms with E-state index >= 15 is 0 Å². The molecule has 0 aliphatic heterocycles. The Morgan fingerprint density at radius 1 is 1.27 bits per heavy atom. The van der Waals surface area contributed by atoms with Crippen LogP contribution in [0.2, 0.25) is 0 Å². The molecule has 0 spiro atoms. The van der Waals surface area contributed by atoms with Gasteiger partial charge in [0.15, 0.2) is 5.76 Å². The molecule has 0 amide bonds. The first-order chi connectivity index (χ1) is 12.3. The molecule has 2 aromatic heterocycles. The third-order valence-corrected chi connectivity index (χ3v) is 7.97. The van der Waals surface area contributed by atoms with Crippen LogP contribution in [0.15, 0.2) is 15.7 Å².